The van der Waals surface area contributed by atoms with Gasteiger partial charge in [-0.15, -0.1) is 0 Å². The monoisotopic (exact) mass is 501 g/mol. The summed E-state index contributed by atoms with van der Waals surface area (Å²) >= 11 is 0. The molecule has 1 heterocycles. The first-order valence-electron chi connectivity index (χ1n) is 13.1. The van der Waals surface area contributed by atoms with Crippen molar-refractivity contribution in [2.75, 3.05) is 0 Å². The van der Waals surface area contributed by atoms with Crippen LogP contribution in [0, 0.1) is 11.3 Å². The van der Waals surface area contributed by atoms with Gasteiger partial charge in [-0.3, -0.25) is 14.4 Å². The molecule has 36 heavy (non-hydrogen) atoms. The van der Waals surface area contributed by atoms with Gasteiger partial charge in [0.25, 0.3) is 0 Å². The summed E-state index contributed by atoms with van der Waals surface area (Å²) in [7, 11) is 0. The molecule has 0 aromatic heterocycles. The summed E-state index contributed by atoms with van der Waals surface area (Å²) < 4.78 is 5.94. The van der Waals surface area contributed by atoms with Crippen LogP contribution < -0.4 is 16.0 Å². The molecule has 3 N–H and O–H groups in total. The van der Waals surface area contributed by atoms with Crippen LogP contribution in [0.2, 0.25) is 0 Å². The lowest BCUT2D eigenvalue weighted by molar-refractivity contribution is -0.160. The Hall–Kier alpha value is -2.90. The third kappa shape index (κ3) is 8.35. The van der Waals surface area contributed by atoms with E-state index in [1.54, 1.807) is 6.92 Å². The molecule has 0 aliphatic carbocycles. The first-order chi connectivity index (χ1) is 17.0. The van der Waals surface area contributed by atoms with E-state index in [0.717, 1.165) is 24.8 Å². The lowest BCUT2D eigenvalue weighted by Crippen LogP contribution is -2.57. The molecule has 0 saturated carbocycles. The van der Waals surface area contributed by atoms with Crippen molar-refractivity contribution in [1.29, 1.82) is 0 Å². The molecule has 2 rings (SSSR count). The smallest absolute Gasteiger partial charge is 0.329 e. The van der Waals surface area contributed by atoms with E-state index in [4.69, 9.17) is 4.74 Å². The van der Waals surface area contributed by atoms with E-state index >= 15 is 0 Å². The second-order valence-electron chi connectivity index (χ2n) is 10.6. The fourth-order valence-electron chi connectivity index (χ4n) is 4.21. The summed E-state index contributed by atoms with van der Waals surface area (Å²) in [4.78, 5) is 52.7. The number of carbonyl (C=O) groups is 4. The Balaban J connectivity index is 2.41. The molecule has 5 atom stereocenters. The average molecular weight is 502 g/mol. The first-order valence-corrected chi connectivity index (χ1v) is 13.1. The van der Waals surface area contributed by atoms with Gasteiger partial charge in [-0.05, 0) is 36.7 Å². The average Bonchev–Trinajstić information content (AvgIpc) is 2.84. The highest BCUT2D eigenvalue weighted by Gasteiger charge is 2.40. The van der Waals surface area contributed by atoms with Gasteiger partial charge in [-0.25, -0.2) is 4.79 Å². The van der Waals surface area contributed by atoms with Crippen molar-refractivity contribution in [2.45, 2.75) is 104 Å². The zero-order valence-electron chi connectivity index (χ0n) is 22.6. The topological polar surface area (TPSA) is 114 Å². The Morgan fingerprint density at radius 1 is 1.00 bits per heavy atom. The van der Waals surface area contributed by atoms with Crippen LogP contribution in [0.5, 0.6) is 0 Å². The van der Waals surface area contributed by atoms with Crippen LogP contribution in [0.4, 0.5) is 0 Å². The Kier molecular flexibility index (Phi) is 10.9. The van der Waals surface area contributed by atoms with Gasteiger partial charge >= 0.3 is 5.97 Å². The van der Waals surface area contributed by atoms with Crippen LogP contribution in [0.15, 0.2) is 30.3 Å². The molecule has 1 fully saturated rings. The number of amides is 3. The summed E-state index contributed by atoms with van der Waals surface area (Å²) in [6, 6.07) is 6.67. The largest absolute Gasteiger partial charge is 0.460 e. The summed E-state index contributed by atoms with van der Waals surface area (Å²) in [5.74, 6) is -1.93. The molecule has 1 aliphatic heterocycles. The van der Waals surface area contributed by atoms with Crippen LogP contribution in [-0.2, 0) is 30.3 Å². The number of carbonyl (C=O) groups excluding carboxylic acids is 4. The fourth-order valence-corrected chi connectivity index (χ4v) is 4.21. The van der Waals surface area contributed by atoms with Crippen molar-refractivity contribution in [3.05, 3.63) is 35.9 Å². The molecule has 200 valence electrons. The molecule has 8 heteroatoms. The second-order valence-corrected chi connectivity index (χ2v) is 10.6. The summed E-state index contributed by atoms with van der Waals surface area (Å²) in [5.41, 5.74) is 0.287. The van der Waals surface area contributed by atoms with E-state index in [0.29, 0.717) is 6.42 Å². The van der Waals surface area contributed by atoms with Gasteiger partial charge in [0.15, 0.2) is 0 Å². The molecule has 1 saturated heterocycles. The van der Waals surface area contributed by atoms with Crippen LogP contribution in [0.3, 0.4) is 0 Å². The van der Waals surface area contributed by atoms with E-state index in [2.05, 4.69) is 22.9 Å². The van der Waals surface area contributed by atoms with Crippen LogP contribution >= 0.6 is 0 Å². The third-order valence-electron chi connectivity index (χ3n) is 7.20. The van der Waals surface area contributed by atoms with Gasteiger partial charge in [0.1, 0.15) is 24.2 Å². The molecule has 0 bridgehead atoms. The Labute approximate surface area is 215 Å². The van der Waals surface area contributed by atoms with Crippen molar-refractivity contribution < 1.29 is 23.9 Å². The molecular formula is C28H43N3O5. The van der Waals surface area contributed by atoms with Crippen molar-refractivity contribution in [3.63, 3.8) is 0 Å². The number of unbranched alkanes of at least 4 members (excludes halogenated alkanes) is 1. The van der Waals surface area contributed by atoms with Gasteiger partial charge < -0.3 is 20.7 Å². The lowest BCUT2D eigenvalue weighted by Gasteiger charge is -2.34. The summed E-state index contributed by atoms with van der Waals surface area (Å²) in [5, 5.41) is 8.34. The van der Waals surface area contributed by atoms with E-state index in [1.165, 1.54) is 0 Å². The molecule has 1 aliphatic rings. The predicted octanol–water partition coefficient (Wildman–Crippen LogP) is 3.28. The van der Waals surface area contributed by atoms with Gasteiger partial charge in [0.05, 0.1) is 6.42 Å². The molecular weight excluding hydrogens is 458 g/mol. The highest BCUT2D eigenvalue weighted by molar-refractivity contribution is 5.94. The number of ether oxygens (including phenoxy) is 1. The summed E-state index contributed by atoms with van der Waals surface area (Å²) in [6.45, 7) is 11.3. The van der Waals surface area contributed by atoms with Crippen molar-refractivity contribution in [1.82, 2.24) is 16.0 Å². The molecule has 1 aromatic carbocycles. The number of hydrogen-bond acceptors (Lipinski definition) is 5. The minimum atomic E-state index is -0.917. The highest BCUT2D eigenvalue weighted by Crippen LogP contribution is 2.28. The fraction of sp³-hybridized carbons (Fsp3) is 0.643. The Bertz CT molecular complexity index is 902. The highest BCUT2D eigenvalue weighted by atomic mass is 16.5. The third-order valence-corrected chi connectivity index (χ3v) is 7.20. The normalized spacial score (nSPS) is 25.3. The minimum Gasteiger partial charge on any atom is -0.460 e. The van der Waals surface area contributed by atoms with Gasteiger partial charge in [-0.1, -0.05) is 77.8 Å². The number of rotatable bonds is 8. The number of cyclic esters (lactones) is 1. The Morgan fingerprint density at radius 3 is 2.28 bits per heavy atom. The summed E-state index contributed by atoms with van der Waals surface area (Å²) in [6.07, 6.45) is 2.87. The number of nitrogens with one attached hydrogen (secondary N) is 3. The van der Waals surface area contributed by atoms with Gasteiger partial charge in [0, 0.05) is 6.42 Å². The molecule has 8 nitrogen and oxygen atoms in total. The van der Waals surface area contributed by atoms with Crippen LogP contribution in [0.1, 0.15) is 79.2 Å². The number of esters is 1. The zero-order chi connectivity index (χ0) is 26.9. The molecule has 0 spiro atoms. The Morgan fingerprint density at radius 2 is 1.67 bits per heavy atom. The maximum absolute atomic E-state index is 13.4. The van der Waals surface area contributed by atoms with Gasteiger partial charge in [-0.2, -0.15) is 0 Å². The SMILES string of the molecule is CCCCC(C)C1CC(=O)NC(Cc2ccccc2)C(=O)NC(C)C(=O)NC(C(C)(C)CC)C(=O)O1. The van der Waals surface area contributed by atoms with E-state index in [9.17, 15) is 19.2 Å². The van der Waals surface area contributed by atoms with E-state index < -0.39 is 47.4 Å². The maximum atomic E-state index is 13.4. The van der Waals surface area contributed by atoms with Gasteiger partial charge in [0.2, 0.25) is 17.7 Å². The zero-order valence-corrected chi connectivity index (χ0v) is 22.6. The maximum Gasteiger partial charge on any atom is 0.329 e. The number of benzene rings is 1. The standard InChI is InChI=1S/C28H43N3O5/c1-7-9-13-18(3)22-17-23(32)30-21(16-20-14-11-10-12-15-20)26(34)29-19(4)25(33)31-24(27(35)36-22)28(5,6)8-2/h10-12,14-15,18-19,21-22,24H,7-9,13,16-17H2,1-6H3,(H,29,34)(H,30,32)(H,31,33). The van der Waals surface area contributed by atoms with E-state index in [1.807, 2.05) is 58.0 Å². The molecule has 5 unspecified atom stereocenters. The van der Waals surface area contributed by atoms with E-state index in [-0.39, 0.29) is 24.7 Å². The van der Waals surface area contributed by atoms with Crippen molar-refractivity contribution in [2.24, 2.45) is 11.3 Å². The van der Waals surface area contributed by atoms with Crippen LogP contribution in [-0.4, -0.2) is 47.9 Å². The first kappa shape index (κ1) is 29.3. The van der Waals surface area contributed by atoms with Crippen molar-refractivity contribution >= 4 is 23.7 Å². The molecule has 0 radical (unpaired) electrons. The van der Waals surface area contributed by atoms with Crippen LogP contribution in [0.25, 0.3) is 0 Å². The molecule has 3 amide bonds. The lowest BCUT2D eigenvalue weighted by atomic mass is 9.81. The number of hydrogen-bond donors (Lipinski definition) is 3. The molecule has 1 aromatic rings. The quantitative estimate of drug-likeness (QED) is 0.473. The second kappa shape index (κ2) is 13.4. The predicted molar refractivity (Wildman–Crippen MR) is 139 cm³/mol. The minimum absolute atomic E-state index is 0.0576. The van der Waals surface area contributed by atoms with Crippen molar-refractivity contribution in [3.8, 4) is 0 Å².